The van der Waals surface area contributed by atoms with Crippen molar-refractivity contribution in [1.29, 1.82) is 0 Å². The van der Waals surface area contributed by atoms with Gasteiger partial charge in [0.1, 0.15) is 13.4 Å². The summed E-state index contributed by atoms with van der Waals surface area (Å²) in [6.07, 6.45) is 10.2. The van der Waals surface area contributed by atoms with Gasteiger partial charge in [-0.05, 0) is 52.0 Å². The van der Waals surface area contributed by atoms with E-state index in [-0.39, 0.29) is 5.31 Å². The smallest absolute Gasteiger partial charge is 0.227 e. The third-order valence-corrected chi connectivity index (χ3v) is 6.93. The number of hydrogen-bond acceptors (Lipinski definition) is 3. The third kappa shape index (κ3) is 2.67. The van der Waals surface area contributed by atoms with E-state index in [0.717, 1.165) is 27.6 Å². The molecule has 0 bridgehead atoms. The summed E-state index contributed by atoms with van der Waals surface area (Å²) in [5.74, 6) is 0. The first kappa shape index (κ1) is 17.7. The quantitative estimate of drug-likeness (QED) is 0.348. The minimum absolute atomic E-state index is 0.237. The third-order valence-electron chi connectivity index (χ3n) is 6.93. The lowest BCUT2D eigenvalue weighted by Gasteiger charge is -2.34. The van der Waals surface area contributed by atoms with Crippen molar-refractivity contribution < 1.29 is 4.42 Å². The highest BCUT2D eigenvalue weighted by atomic mass is 16.3. The zero-order valence-corrected chi connectivity index (χ0v) is 17.2. The van der Waals surface area contributed by atoms with Gasteiger partial charge in [0.2, 0.25) is 5.71 Å². The van der Waals surface area contributed by atoms with E-state index in [0.29, 0.717) is 5.71 Å². The molecule has 1 fully saturated rings. The monoisotopic (exact) mass is 390 g/mol. The van der Waals surface area contributed by atoms with Crippen molar-refractivity contribution in [2.45, 2.75) is 37.4 Å². The molecule has 3 nitrogen and oxygen atoms in total. The van der Waals surface area contributed by atoms with Crippen LogP contribution < -0.4 is 0 Å². The molecule has 1 aliphatic carbocycles. The van der Waals surface area contributed by atoms with Gasteiger partial charge in [-0.1, -0.05) is 56.4 Å². The highest BCUT2D eigenvalue weighted by Crippen LogP contribution is 2.41. The fourth-order valence-electron chi connectivity index (χ4n) is 5.23. The van der Waals surface area contributed by atoms with Gasteiger partial charge in [0.15, 0.2) is 0 Å². The normalized spacial score (nSPS) is 16.4. The molecule has 0 unspecified atom stereocenters. The SMILES string of the molecule is BC1(c2ccnc(-c3cc4ccccc4c4c3oc3ncccc34)c2)CCCCC1. The van der Waals surface area contributed by atoms with Gasteiger partial charge >= 0.3 is 0 Å². The van der Waals surface area contributed by atoms with Crippen LogP contribution in [0, 0.1) is 0 Å². The number of nitrogens with zero attached hydrogens (tertiary/aromatic N) is 2. The first-order valence-corrected chi connectivity index (χ1v) is 10.9. The summed E-state index contributed by atoms with van der Waals surface area (Å²) < 4.78 is 6.31. The van der Waals surface area contributed by atoms with Crippen molar-refractivity contribution in [2.75, 3.05) is 0 Å². The maximum atomic E-state index is 6.31. The summed E-state index contributed by atoms with van der Waals surface area (Å²) in [6.45, 7) is 0. The molecule has 0 saturated heterocycles. The standard InChI is InChI=1S/C26H23BN2O/c27-26(11-4-1-5-12-26)18-10-14-28-22(16-18)21-15-17-7-2-3-8-19(17)23-20-9-6-13-29-25(20)30-24(21)23/h2-3,6-10,13-16H,1,4-5,11-12,27H2. The van der Waals surface area contributed by atoms with Gasteiger partial charge in [-0.25, -0.2) is 4.98 Å². The molecule has 0 aliphatic heterocycles. The molecule has 6 rings (SSSR count). The molecule has 146 valence electrons. The van der Waals surface area contributed by atoms with Gasteiger partial charge in [0, 0.05) is 28.7 Å². The lowest BCUT2D eigenvalue weighted by molar-refractivity contribution is 0.398. The molecule has 0 amide bonds. The Morgan fingerprint density at radius 1 is 0.833 bits per heavy atom. The van der Waals surface area contributed by atoms with E-state index < -0.39 is 0 Å². The second-order valence-corrected chi connectivity index (χ2v) is 8.86. The van der Waals surface area contributed by atoms with Gasteiger partial charge in [-0.15, -0.1) is 0 Å². The zero-order valence-electron chi connectivity index (χ0n) is 17.2. The number of benzene rings is 2. The number of hydrogen-bond donors (Lipinski definition) is 0. The highest BCUT2D eigenvalue weighted by Gasteiger charge is 2.29. The Bertz CT molecular complexity index is 1400. The van der Waals surface area contributed by atoms with Crippen LogP contribution in [0.1, 0.15) is 37.7 Å². The van der Waals surface area contributed by atoms with Gasteiger partial charge < -0.3 is 4.42 Å². The predicted octanol–water partition coefficient (Wildman–Crippen LogP) is 5.99. The lowest BCUT2D eigenvalue weighted by Crippen LogP contribution is -2.29. The molecule has 3 heterocycles. The minimum atomic E-state index is 0.237. The number of pyridine rings is 2. The van der Waals surface area contributed by atoms with Crippen molar-refractivity contribution in [3.63, 3.8) is 0 Å². The number of aromatic nitrogens is 2. The minimum Gasteiger partial charge on any atom is -0.437 e. The van der Waals surface area contributed by atoms with E-state index in [1.165, 1.54) is 48.4 Å². The summed E-state index contributed by atoms with van der Waals surface area (Å²) in [4.78, 5) is 9.26. The highest BCUT2D eigenvalue weighted by molar-refractivity contribution is 6.22. The van der Waals surface area contributed by atoms with E-state index >= 15 is 0 Å². The van der Waals surface area contributed by atoms with Crippen LogP contribution in [-0.2, 0) is 5.31 Å². The molecule has 1 aliphatic rings. The Kier molecular flexibility index (Phi) is 3.95. The van der Waals surface area contributed by atoms with E-state index in [2.05, 4.69) is 61.4 Å². The summed E-state index contributed by atoms with van der Waals surface area (Å²) in [6, 6.07) is 19.3. The number of furan rings is 1. The van der Waals surface area contributed by atoms with Gasteiger partial charge in [0.25, 0.3) is 0 Å². The number of fused-ring (bicyclic) bond motifs is 5. The Labute approximate surface area is 176 Å². The maximum absolute atomic E-state index is 6.31. The van der Waals surface area contributed by atoms with Crippen LogP contribution in [0.15, 0.2) is 71.4 Å². The molecule has 5 aromatic rings. The Hall–Kier alpha value is -3.14. The first-order valence-electron chi connectivity index (χ1n) is 10.9. The van der Waals surface area contributed by atoms with Crippen molar-refractivity contribution in [3.8, 4) is 11.3 Å². The van der Waals surface area contributed by atoms with E-state index in [1.54, 1.807) is 6.20 Å². The van der Waals surface area contributed by atoms with Crippen molar-refractivity contribution in [3.05, 3.63) is 72.6 Å². The molecule has 30 heavy (non-hydrogen) atoms. The van der Waals surface area contributed by atoms with E-state index in [9.17, 15) is 0 Å². The van der Waals surface area contributed by atoms with Gasteiger partial charge in [-0.3, -0.25) is 4.98 Å². The van der Waals surface area contributed by atoms with Crippen LogP contribution in [0.2, 0.25) is 0 Å². The fourth-order valence-corrected chi connectivity index (χ4v) is 5.23. The predicted molar refractivity (Wildman–Crippen MR) is 126 cm³/mol. The van der Waals surface area contributed by atoms with Crippen molar-refractivity contribution in [2.24, 2.45) is 0 Å². The van der Waals surface area contributed by atoms with Crippen LogP contribution in [-0.4, -0.2) is 17.8 Å². The largest absolute Gasteiger partial charge is 0.437 e. The Balaban J connectivity index is 1.64. The summed E-state index contributed by atoms with van der Waals surface area (Å²) >= 11 is 0. The second-order valence-electron chi connectivity index (χ2n) is 8.86. The Morgan fingerprint density at radius 3 is 2.57 bits per heavy atom. The molecule has 0 atom stereocenters. The summed E-state index contributed by atoms with van der Waals surface area (Å²) in [5.41, 5.74) is 4.97. The fraction of sp³-hybridized carbons (Fsp3) is 0.231. The first-order chi connectivity index (χ1) is 14.7. The molecular formula is C26H23BN2O. The molecule has 2 aromatic carbocycles. The zero-order chi connectivity index (χ0) is 20.1. The van der Waals surface area contributed by atoms with Crippen molar-refractivity contribution >= 4 is 40.7 Å². The second kappa shape index (κ2) is 6.70. The summed E-state index contributed by atoms with van der Waals surface area (Å²) in [7, 11) is 2.41. The van der Waals surface area contributed by atoms with Gasteiger partial charge in [0.05, 0.1) is 5.69 Å². The molecular weight excluding hydrogens is 367 g/mol. The van der Waals surface area contributed by atoms with Crippen LogP contribution in [0.3, 0.4) is 0 Å². The molecule has 0 N–H and O–H groups in total. The van der Waals surface area contributed by atoms with Crippen LogP contribution in [0.4, 0.5) is 0 Å². The summed E-state index contributed by atoms with van der Waals surface area (Å²) in [5, 5.41) is 4.81. The molecule has 0 spiro atoms. The van der Waals surface area contributed by atoms with Crippen molar-refractivity contribution in [1.82, 2.24) is 9.97 Å². The molecule has 1 saturated carbocycles. The molecule has 0 radical (unpaired) electrons. The van der Waals surface area contributed by atoms with Crippen LogP contribution in [0.5, 0.6) is 0 Å². The lowest BCUT2D eigenvalue weighted by atomic mass is 9.57. The van der Waals surface area contributed by atoms with Gasteiger partial charge in [-0.2, -0.15) is 0 Å². The molecule has 3 aromatic heterocycles. The maximum Gasteiger partial charge on any atom is 0.227 e. The van der Waals surface area contributed by atoms with Crippen LogP contribution in [0.25, 0.3) is 44.1 Å². The average Bonchev–Trinajstić information content (AvgIpc) is 3.19. The topological polar surface area (TPSA) is 38.9 Å². The number of rotatable bonds is 2. The Morgan fingerprint density at radius 2 is 1.67 bits per heavy atom. The average molecular weight is 390 g/mol. The van der Waals surface area contributed by atoms with E-state index in [1.807, 2.05) is 12.3 Å². The van der Waals surface area contributed by atoms with E-state index in [4.69, 9.17) is 9.40 Å². The molecule has 4 heteroatoms. The van der Waals surface area contributed by atoms with Crippen LogP contribution >= 0.6 is 0 Å².